The molecule has 108 valence electrons. The largest absolute Gasteiger partial charge is 0.311 e. The Morgan fingerprint density at radius 2 is 1.74 bits per heavy atom. The van der Waals surface area contributed by atoms with E-state index in [0.29, 0.717) is 11.0 Å². The van der Waals surface area contributed by atoms with Crippen LogP contribution in [0.5, 0.6) is 0 Å². The van der Waals surface area contributed by atoms with E-state index in [4.69, 9.17) is 0 Å². The molecule has 0 spiro atoms. The number of hydrogen-bond donors (Lipinski definition) is 1. The van der Waals surface area contributed by atoms with Gasteiger partial charge in [-0.05, 0) is 87.5 Å². The molecule has 0 aromatic rings. The Kier molecular flexibility index (Phi) is 2.82. The van der Waals surface area contributed by atoms with E-state index in [1.54, 1.807) is 19.3 Å². The normalized spacial score (nSPS) is 57.2. The van der Waals surface area contributed by atoms with Crippen LogP contribution in [0, 0.1) is 29.1 Å². The lowest BCUT2D eigenvalue weighted by Gasteiger charge is -2.59. The fourth-order valence-corrected chi connectivity index (χ4v) is 6.88. The summed E-state index contributed by atoms with van der Waals surface area (Å²) in [5, 5.41) is 3.85. The van der Waals surface area contributed by atoms with Crippen LogP contribution in [0.25, 0.3) is 0 Å². The Bertz CT molecular complexity index is 365. The van der Waals surface area contributed by atoms with Gasteiger partial charge in [0.25, 0.3) is 0 Å². The lowest BCUT2D eigenvalue weighted by molar-refractivity contribution is -0.0889. The van der Waals surface area contributed by atoms with Gasteiger partial charge < -0.3 is 5.32 Å². The molecule has 19 heavy (non-hydrogen) atoms. The van der Waals surface area contributed by atoms with Crippen LogP contribution in [-0.2, 0) is 0 Å². The van der Waals surface area contributed by atoms with Gasteiger partial charge in [0.15, 0.2) is 0 Å². The van der Waals surface area contributed by atoms with Crippen LogP contribution in [0.3, 0.4) is 0 Å². The first-order chi connectivity index (χ1) is 9.13. The van der Waals surface area contributed by atoms with E-state index in [-0.39, 0.29) is 0 Å². The molecular formula is C18H31N. The molecular weight excluding hydrogens is 230 g/mol. The second kappa shape index (κ2) is 4.23. The third kappa shape index (κ3) is 1.69. The quantitative estimate of drug-likeness (QED) is 0.682. The number of rotatable bonds is 0. The maximum Gasteiger partial charge on any atom is 0.0184 e. The Balaban J connectivity index is 1.64. The Morgan fingerprint density at radius 1 is 0.842 bits per heavy atom. The molecule has 1 heteroatoms. The predicted molar refractivity (Wildman–Crippen MR) is 80.0 cm³/mol. The van der Waals surface area contributed by atoms with Gasteiger partial charge in [-0.15, -0.1) is 0 Å². The van der Waals surface area contributed by atoms with E-state index in [1.165, 1.54) is 45.1 Å². The molecule has 4 fully saturated rings. The SMILES string of the molecule is C[C@]12CCCCC1CC[C@@H]1[C@H]2CC[C@]2(C)NCC[C@@H]12. The fraction of sp³-hybridized carbons (Fsp3) is 1.00. The molecule has 1 heterocycles. The molecule has 1 saturated heterocycles. The lowest BCUT2D eigenvalue weighted by Crippen LogP contribution is -2.56. The summed E-state index contributed by atoms with van der Waals surface area (Å²) in [6.45, 7) is 6.49. The summed E-state index contributed by atoms with van der Waals surface area (Å²) >= 11 is 0. The van der Waals surface area contributed by atoms with Gasteiger partial charge in [0.1, 0.15) is 0 Å². The van der Waals surface area contributed by atoms with Crippen molar-refractivity contribution in [3.63, 3.8) is 0 Å². The molecule has 1 nitrogen and oxygen atoms in total. The van der Waals surface area contributed by atoms with E-state index in [1.807, 2.05) is 0 Å². The Labute approximate surface area is 118 Å². The molecule has 1 N–H and O–H groups in total. The highest BCUT2D eigenvalue weighted by Crippen LogP contribution is 2.62. The Morgan fingerprint density at radius 3 is 2.63 bits per heavy atom. The van der Waals surface area contributed by atoms with Crippen LogP contribution in [0.1, 0.15) is 71.6 Å². The topological polar surface area (TPSA) is 12.0 Å². The van der Waals surface area contributed by atoms with Crippen LogP contribution in [0.2, 0.25) is 0 Å². The van der Waals surface area contributed by atoms with E-state index in [0.717, 1.165) is 23.7 Å². The van der Waals surface area contributed by atoms with Gasteiger partial charge in [-0.1, -0.05) is 19.8 Å². The van der Waals surface area contributed by atoms with Crippen molar-refractivity contribution in [3.8, 4) is 0 Å². The molecule has 0 radical (unpaired) electrons. The molecule has 1 unspecified atom stereocenters. The van der Waals surface area contributed by atoms with Crippen LogP contribution in [-0.4, -0.2) is 12.1 Å². The average molecular weight is 261 g/mol. The van der Waals surface area contributed by atoms with Crippen molar-refractivity contribution in [3.05, 3.63) is 0 Å². The average Bonchev–Trinajstić information content (AvgIpc) is 2.79. The van der Waals surface area contributed by atoms with Crippen molar-refractivity contribution in [2.75, 3.05) is 6.54 Å². The van der Waals surface area contributed by atoms with E-state index >= 15 is 0 Å². The zero-order valence-corrected chi connectivity index (χ0v) is 12.9. The maximum atomic E-state index is 3.85. The molecule has 0 bridgehead atoms. The molecule has 4 aliphatic rings. The van der Waals surface area contributed by atoms with E-state index in [9.17, 15) is 0 Å². The third-order valence-electron chi connectivity index (χ3n) is 7.96. The van der Waals surface area contributed by atoms with Crippen molar-refractivity contribution in [1.82, 2.24) is 5.32 Å². The summed E-state index contributed by atoms with van der Waals surface area (Å²) in [4.78, 5) is 0. The fourth-order valence-electron chi connectivity index (χ4n) is 6.88. The minimum Gasteiger partial charge on any atom is -0.311 e. The Hall–Kier alpha value is -0.0400. The zero-order valence-electron chi connectivity index (χ0n) is 12.9. The standard InChI is InChI=1S/C18H31N/c1-17-10-4-3-5-13(17)6-7-14-15(17)8-11-18(2)16(14)9-12-19-18/h13-16,19H,3-12H2,1-2H3/t13?,14-,15-,16+,17+,18+/m1/s1. The van der Waals surface area contributed by atoms with Gasteiger partial charge in [0, 0.05) is 5.54 Å². The molecule has 4 rings (SSSR count). The van der Waals surface area contributed by atoms with Gasteiger partial charge in [-0.2, -0.15) is 0 Å². The minimum absolute atomic E-state index is 0.499. The summed E-state index contributed by atoms with van der Waals surface area (Å²) in [6.07, 6.45) is 13.6. The second-order valence-electron chi connectivity index (χ2n) is 8.57. The number of nitrogens with one attached hydrogen (secondary N) is 1. The first-order valence-electron chi connectivity index (χ1n) is 8.88. The molecule has 3 aliphatic carbocycles. The van der Waals surface area contributed by atoms with Gasteiger partial charge >= 0.3 is 0 Å². The van der Waals surface area contributed by atoms with Crippen LogP contribution >= 0.6 is 0 Å². The monoisotopic (exact) mass is 261 g/mol. The highest BCUT2D eigenvalue weighted by Gasteiger charge is 2.57. The summed E-state index contributed by atoms with van der Waals surface area (Å²) < 4.78 is 0. The van der Waals surface area contributed by atoms with E-state index < -0.39 is 0 Å². The first kappa shape index (κ1) is 12.7. The van der Waals surface area contributed by atoms with Gasteiger partial charge in [-0.3, -0.25) is 0 Å². The maximum absolute atomic E-state index is 3.85. The van der Waals surface area contributed by atoms with Gasteiger partial charge in [0.05, 0.1) is 0 Å². The molecule has 1 aliphatic heterocycles. The van der Waals surface area contributed by atoms with Crippen molar-refractivity contribution in [2.24, 2.45) is 29.1 Å². The van der Waals surface area contributed by atoms with Gasteiger partial charge in [-0.25, -0.2) is 0 Å². The summed E-state index contributed by atoms with van der Waals surface area (Å²) in [5.41, 5.74) is 1.21. The van der Waals surface area contributed by atoms with Crippen LogP contribution < -0.4 is 5.32 Å². The second-order valence-corrected chi connectivity index (χ2v) is 8.57. The molecule has 0 aromatic carbocycles. The van der Waals surface area contributed by atoms with E-state index in [2.05, 4.69) is 19.2 Å². The third-order valence-corrected chi connectivity index (χ3v) is 7.96. The molecule has 6 atom stereocenters. The highest BCUT2D eigenvalue weighted by atomic mass is 15.0. The minimum atomic E-state index is 0.499. The molecule has 3 saturated carbocycles. The summed E-state index contributed by atoms with van der Waals surface area (Å²) in [7, 11) is 0. The van der Waals surface area contributed by atoms with Crippen LogP contribution in [0.4, 0.5) is 0 Å². The summed E-state index contributed by atoms with van der Waals surface area (Å²) in [6, 6.07) is 0. The van der Waals surface area contributed by atoms with Crippen molar-refractivity contribution >= 4 is 0 Å². The number of hydrogen-bond acceptors (Lipinski definition) is 1. The van der Waals surface area contributed by atoms with Crippen LogP contribution in [0.15, 0.2) is 0 Å². The lowest BCUT2D eigenvalue weighted by atomic mass is 9.46. The smallest absolute Gasteiger partial charge is 0.0184 e. The van der Waals surface area contributed by atoms with Crippen molar-refractivity contribution in [1.29, 1.82) is 0 Å². The zero-order chi connectivity index (χ0) is 13.1. The molecule has 0 amide bonds. The highest BCUT2D eigenvalue weighted by molar-refractivity contribution is 5.09. The molecule has 0 aromatic heterocycles. The van der Waals surface area contributed by atoms with Crippen molar-refractivity contribution in [2.45, 2.75) is 77.2 Å². The number of fused-ring (bicyclic) bond motifs is 5. The predicted octanol–water partition coefficient (Wildman–Crippen LogP) is 4.37. The van der Waals surface area contributed by atoms with Gasteiger partial charge in [0.2, 0.25) is 0 Å². The first-order valence-corrected chi connectivity index (χ1v) is 8.88. The summed E-state index contributed by atoms with van der Waals surface area (Å²) in [5.74, 6) is 4.17. The van der Waals surface area contributed by atoms with Crippen molar-refractivity contribution < 1.29 is 0 Å².